The van der Waals surface area contributed by atoms with Gasteiger partial charge in [0.1, 0.15) is 17.2 Å². The predicted molar refractivity (Wildman–Crippen MR) is 140 cm³/mol. The Balaban J connectivity index is 0.979. The molecule has 190 valence electrons. The molecule has 2 aromatic carbocycles. The summed E-state index contributed by atoms with van der Waals surface area (Å²) in [4.78, 5) is 4.92. The molecule has 0 atom stereocenters. The fourth-order valence-corrected chi connectivity index (χ4v) is 5.87. The molecule has 0 aliphatic carbocycles. The van der Waals surface area contributed by atoms with Gasteiger partial charge in [-0.25, -0.2) is 4.39 Å². The first kappa shape index (κ1) is 23.6. The second-order valence-corrected chi connectivity index (χ2v) is 10.6. The largest absolute Gasteiger partial charge is 0.457 e. The highest BCUT2D eigenvalue weighted by Gasteiger charge is 2.40. The molecule has 0 saturated carbocycles. The third-order valence-electron chi connectivity index (χ3n) is 8.07. The van der Waals surface area contributed by atoms with Crippen LogP contribution in [0.3, 0.4) is 0 Å². The molecule has 1 N–H and O–H groups in total. The molecule has 3 aliphatic rings. The highest BCUT2D eigenvalue weighted by Crippen LogP contribution is 2.31. The van der Waals surface area contributed by atoms with E-state index in [2.05, 4.69) is 44.2 Å². The van der Waals surface area contributed by atoms with Crippen LogP contribution >= 0.6 is 0 Å². The fraction of sp³-hybridized carbons (Fsp3) is 0.483. The first-order valence-electron chi connectivity index (χ1n) is 13.4. The average Bonchev–Trinajstić information content (AvgIpc) is 3.38. The van der Waals surface area contributed by atoms with Gasteiger partial charge in [0.15, 0.2) is 0 Å². The van der Waals surface area contributed by atoms with Gasteiger partial charge in [-0.2, -0.15) is 5.10 Å². The van der Waals surface area contributed by atoms with Gasteiger partial charge < -0.3 is 10.1 Å². The van der Waals surface area contributed by atoms with E-state index in [-0.39, 0.29) is 0 Å². The Labute approximate surface area is 213 Å². The van der Waals surface area contributed by atoms with Crippen molar-refractivity contribution in [1.82, 2.24) is 24.9 Å². The number of para-hydroxylation sites is 1. The van der Waals surface area contributed by atoms with Gasteiger partial charge in [-0.1, -0.05) is 18.2 Å². The zero-order valence-electron chi connectivity index (χ0n) is 20.9. The van der Waals surface area contributed by atoms with Crippen LogP contribution in [0, 0.1) is 0 Å². The molecule has 0 bridgehead atoms. The van der Waals surface area contributed by atoms with Crippen molar-refractivity contribution in [3.05, 3.63) is 66.9 Å². The molecule has 36 heavy (non-hydrogen) atoms. The molecule has 6 rings (SSSR count). The minimum absolute atomic E-state index is 0.440. The van der Waals surface area contributed by atoms with E-state index in [1.165, 1.54) is 0 Å². The molecule has 3 saturated heterocycles. The van der Waals surface area contributed by atoms with Crippen molar-refractivity contribution in [3.63, 3.8) is 0 Å². The number of likely N-dealkylation sites (tertiary alicyclic amines) is 2. The van der Waals surface area contributed by atoms with Crippen molar-refractivity contribution in [2.24, 2.45) is 0 Å². The number of ether oxygens (including phenoxy) is 1. The van der Waals surface area contributed by atoms with Crippen LogP contribution in [0.4, 0.5) is 4.39 Å². The van der Waals surface area contributed by atoms with Crippen LogP contribution in [0.2, 0.25) is 0 Å². The van der Waals surface area contributed by atoms with Gasteiger partial charge in [0, 0.05) is 50.5 Å². The second-order valence-electron chi connectivity index (χ2n) is 10.6. The summed E-state index contributed by atoms with van der Waals surface area (Å²) in [5, 5.41) is 8.18. The van der Waals surface area contributed by atoms with Gasteiger partial charge in [-0.15, -0.1) is 0 Å². The van der Waals surface area contributed by atoms with Crippen LogP contribution in [-0.2, 0) is 0 Å². The number of aromatic nitrogens is 2. The van der Waals surface area contributed by atoms with E-state index in [1.807, 2.05) is 42.5 Å². The third kappa shape index (κ3) is 5.33. The SMILES string of the molecule is FC1(CN2CC(N3CCC(n4ccc(-c5ccc(Oc6ccccc6)cc5)n4)CC3)C2)CCNCC1. The minimum Gasteiger partial charge on any atom is -0.457 e. The van der Waals surface area contributed by atoms with E-state index in [0.717, 1.165) is 74.9 Å². The van der Waals surface area contributed by atoms with E-state index in [9.17, 15) is 4.39 Å². The maximum absolute atomic E-state index is 15.0. The molecule has 6 nitrogen and oxygen atoms in total. The monoisotopic (exact) mass is 489 g/mol. The van der Waals surface area contributed by atoms with Gasteiger partial charge in [0.25, 0.3) is 0 Å². The van der Waals surface area contributed by atoms with E-state index in [0.29, 0.717) is 31.5 Å². The van der Waals surface area contributed by atoms with Gasteiger partial charge in [-0.3, -0.25) is 14.5 Å². The topological polar surface area (TPSA) is 45.6 Å². The lowest BCUT2D eigenvalue weighted by molar-refractivity contribution is -0.0262. The lowest BCUT2D eigenvalue weighted by atomic mass is 9.91. The van der Waals surface area contributed by atoms with Crippen LogP contribution in [0.25, 0.3) is 11.3 Å². The van der Waals surface area contributed by atoms with Crippen molar-refractivity contribution in [2.75, 3.05) is 45.8 Å². The normalized spacial score (nSPS) is 21.8. The average molecular weight is 490 g/mol. The van der Waals surface area contributed by atoms with Crippen LogP contribution in [0.1, 0.15) is 31.7 Å². The van der Waals surface area contributed by atoms with Gasteiger partial charge in [-0.05, 0) is 81.2 Å². The van der Waals surface area contributed by atoms with Gasteiger partial charge in [0.2, 0.25) is 0 Å². The molecule has 0 unspecified atom stereocenters. The molecule has 3 aliphatic heterocycles. The minimum atomic E-state index is -0.990. The van der Waals surface area contributed by atoms with Crippen molar-refractivity contribution < 1.29 is 9.13 Å². The zero-order chi connectivity index (χ0) is 24.4. The second kappa shape index (κ2) is 10.3. The summed E-state index contributed by atoms with van der Waals surface area (Å²) in [6.45, 7) is 6.44. The third-order valence-corrected chi connectivity index (χ3v) is 8.07. The summed E-state index contributed by atoms with van der Waals surface area (Å²) in [5.74, 6) is 1.66. The van der Waals surface area contributed by atoms with Crippen molar-refractivity contribution in [2.45, 2.75) is 43.4 Å². The lowest BCUT2D eigenvalue weighted by Gasteiger charge is -2.49. The number of nitrogens with zero attached hydrogens (tertiary/aromatic N) is 4. The molecule has 3 fully saturated rings. The standard InChI is InChI=1S/C29H36FN5O/c30-29(13-15-31-16-14-29)22-33-20-25(21-33)34-17-10-24(11-18-34)35-19-12-28(32-35)23-6-8-27(9-7-23)36-26-4-2-1-3-5-26/h1-9,12,19,24-25,31H,10-11,13-18,20-22H2. The highest BCUT2D eigenvalue weighted by atomic mass is 19.1. The van der Waals surface area contributed by atoms with Crippen molar-refractivity contribution >= 4 is 0 Å². The number of rotatable bonds is 7. The molecule has 4 heterocycles. The van der Waals surface area contributed by atoms with E-state index < -0.39 is 5.67 Å². The summed E-state index contributed by atoms with van der Waals surface area (Å²) in [6, 6.07) is 21.1. The smallest absolute Gasteiger partial charge is 0.127 e. The number of hydrogen-bond donors (Lipinski definition) is 1. The molecule has 1 aromatic heterocycles. The Morgan fingerprint density at radius 1 is 0.889 bits per heavy atom. The van der Waals surface area contributed by atoms with Crippen LogP contribution < -0.4 is 10.1 Å². The van der Waals surface area contributed by atoms with Crippen LogP contribution in [0.5, 0.6) is 11.5 Å². The summed E-state index contributed by atoms with van der Waals surface area (Å²) in [5.41, 5.74) is 1.10. The molecule has 0 radical (unpaired) electrons. The number of benzene rings is 2. The Bertz CT molecular complexity index is 1110. The Morgan fingerprint density at radius 2 is 1.58 bits per heavy atom. The Kier molecular flexibility index (Phi) is 6.78. The summed E-state index contributed by atoms with van der Waals surface area (Å²) < 4.78 is 23.0. The number of alkyl halides is 1. The Morgan fingerprint density at radius 3 is 2.31 bits per heavy atom. The Hall–Kier alpha value is -2.74. The van der Waals surface area contributed by atoms with Gasteiger partial charge >= 0.3 is 0 Å². The summed E-state index contributed by atoms with van der Waals surface area (Å²) >= 11 is 0. The molecular formula is C29H36FN5O. The maximum atomic E-state index is 15.0. The first-order valence-corrected chi connectivity index (χ1v) is 13.4. The van der Waals surface area contributed by atoms with Crippen molar-refractivity contribution in [1.29, 1.82) is 0 Å². The quantitative estimate of drug-likeness (QED) is 0.519. The van der Waals surface area contributed by atoms with Crippen molar-refractivity contribution in [3.8, 4) is 22.8 Å². The summed E-state index contributed by atoms with van der Waals surface area (Å²) in [7, 11) is 0. The summed E-state index contributed by atoms with van der Waals surface area (Å²) in [6.07, 6.45) is 5.64. The number of piperidine rings is 2. The lowest BCUT2D eigenvalue weighted by Crippen LogP contribution is -2.63. The molecule has 0 spiro atoms. The van der Waals surface area contributed by atoms with E-state index in [1.54, 1.807) is 0 Å². The first-order chi connectivity index (χ1) is 17.6. The van der Waals surface area contributed by atoms with Crippen LogP contribution in [-0.4, -0.2) is 77.1 Å². The molecule has 3 aromatic rings. The predicted octanol–water partition coefficient (Wildman–Crippen LogP) is 4.76. The molecule has 7 heteroatoms. The fourth-order valence-electron chi connectivity index (χ4n) is 5.87. The maximum Gasteiger partial charge on any atom is 0.127 e. The zero-order valence-corrected chi connectivity index (χ0v) is 20.9. The van der Waals surface area contributed by atoms with E-state index in [4.69, 9.17) is 9.84 Å². The number of hydrogen-bond acceptors (Lipinski definition) is 5. The highest BCUT2D eigenvalue weighted by molar-refractivity contribution is 5.59. The van der Waals surface area contributed by atoms with E-state index >= 15 is 0 Å². The number of nitrogens with one attached hydrogen (secondary N) is 1. The molecular weight excluding hydrogens is 453 g/mol. The van der Waals surface area contributed by atoms with Crippen LogP contribution in [0.15, 0.2) is 66.9 Å². The van der Waals surface area contributed by atoms with Gasteiger partial charge in [0.05, 0.1) is 11.7 Å². The molecule has 0 amide bonds. The number of halogens is 1.